The lowest BCUT2D eigenvalue weighted by atomic mass is 10.1. The van der Waals surface area contributed by atoms with Gasteiger partial charge in [-0.05, 0) is 19.6 Å². The van der Waals surface area contributed by atoms with Crippen molar-refractivity contribution in [2.45, 2.75) is 18.5 Å². The Balaban J connectivity index is 1.98. The molecule has 1 saturated heterocycles. The van der Waals surface area contributed by atoms with E-state index in [9.17, 15) is 9.59 Å². The summed E-state index contributed by atoms with van der Waals surface area (Å²) < 4.78 is 0. The Morgan fingerprint density at radius 1 is 1.45 bits per heavy atom. The zero-order valence-electron chi connectivity index (χ0n) is 11.6. The lowest BCUT2D eigenvalue weighted by Crippen LogP contribution is -2.34. The second kappa shape index (κ2) is 6.69. The van der Waals surface area contributed by atoms with Crippen LogP contribution in [0.1, 0.15) is 23.7 Å². The van der Waals surface area contributed by atoms with Gasteiger partial charge in [0.2, 0.25) is 5.91 Å². The van der Waals surface area contributed by atoms with Crippen molar-refractivity contribution in [2.75, 3.05) is 25.9 Å². The fourth-order valence-corrected chi connectivity index (χ4v) is 2.51. The van der Waals surface area contributed by atoms with Crippen LogP contribution in [-0.2, 0) is 4.79 Å². The number of thioether (sulfide) groups is 1. The number of hydrogen-bond donors (Lipinski definition) is 1. The Kier molecular flexibility index (Phi) is 4.94. The Morgan fingerprint density at radius 3 is 2.75 bits per heavy atom. The van der Waals surface area contributed by atoms with Crippen LogP contribution >= 0.6 is 11.8 Å². The summed E-state index contributed by atoms with van der Waals surface area (Å²) in [6.45, 7) is 3.58. The first-order valence-corrected chi connectivity index (χ1v) is 7.81. The smallest absolute Gasteiger partial charge is 0.257 e. The van der Waals surface area contributed by atoms with Crippen molar-refractivity contribution in [1.82, 2.24) is 20.2 Å². The maximum Gasteiger partial charge on any atom is 0.257 e. The second-order valence-electron chi connectivity index (χ2n) is 4.59. The molecular weight excluding hydrogens is 276 g/mol. The molecule has 7 heteroatoms. The standard InChI is InChI=1S/C13H18N4O2S/c1-3-14-11(18)9-4-5-17(8-9)12(19)10-6-15-13(20-2)16-7-10/h6-7,9H,3-5,8H2,1-2H3,(H,14,18). The van der Waals surface area contributed by atoms with Gasteiger partial charge in [-0.3, -0.25) is 9.59 Å². The van der Waals surface area contributed by atoms with E-state index in [2.05, 4.69) is 15.3 Å². The summed E-state index contributed by atoms with van der Waals surface area (Å²) in [5, 5.41) is 3.44. The summed E-state index contributed by atoms with van der Waals surface area (Å²) in [7, 11) is 0. The second-order valence-corrected chi connectivity index (χ2v) is 5.36. The summed E-state index contributed by atoms with van der Waals surface area (Å²) in [4.78, 5) is 33.9. The van der Waals surface area contributed by atoms with Gasteiger partial charge >= 0.3 is 0 Å². The molecule has 108 valence electrons. The average Bonchev–Trinajstić information content (AvgIpc) is 2.97. The normalized spacial score (nSPS) is 18.1. The highest BCUT2D eigenvalue weighted by Gasteiger charge is 2.31. The summed E-state index contributed by atoms with van der Waals surface area (Å²) in [5.74, 6) is -0.188. The number of rotatable bonds is 4. The van der Waals surface area contributed by atoms with Gasteiger partial charge in [0.1, 0.15) is 0 Å². The van der Waals surface area contributed by atoms with Crippen LogP contribution in [0.4, 0.5) is 0 Å². The zero-order chi connectivity index (χ0) is 14.5. The van der Waals surface area contributed by atoms with Gasteiger partial charge in [0.05, 0.1) is 11.5 Å². The molecule has 1 aromatic heterocycles. The van der Waals surface area contributed by atoms with Gasteiger partial charge in [0.25, 0.3) is 5.91 Å². The number of carbonyl (C=O) groups excluding carboxylic acids is 2. The number of nitrogens with zero attached hydrogens (tertiary/aromatic N) is 3. The third-order valence-corrected chi connectivity index (χ3v) is 3.83. The van der Waals surface area contributed by atoms with E-state index in [1.807, 2.05) is 13.2 Å². The van der Waals surface area contributed by atoms with Crippen molar-refractivity contribution in [1.29, 1.82) is 0 Å². The number of nitrogens with one attached hydrogen (secondary N) is 1. The lowest BCUT2D eigenvalue weighted by molar-refractivity contribution is -0.124. The van der Waals surface area contributed by atoms with Crippen molar-refractivity contribution in [3.8, 4) is 0 Å². The Morgan fingerprint density at radius 2 is 2.15 bits per heavy atom. The van der Waals surface area contributed by atoms with E-state index in [1.165, 1.54) is 11.8 Å². The Bertz CT molecular complexity index is 492. The SMILES string of the molecule is CCNC(=O)C1CCN(C(=O)c2cnc(SC)nc2)C1. The Hall–Kier alpha value is -1.63. The highest BCUT2D eigenvalue weighted by atomic mass is 32.2. The highest BCUT2D eigenvalue weighted by Crippen LogP contribution is 2.19. The van der Waals surface area contributed by atoms with Crippen molar-refractivity contribution in [3.05, 3.63) is 18.0 Å². The molecular formula is C13H18N4O2S. The van der Waals surface area contributed by atoms with Crippen LogP contribution in [0.25, 0.3) is 0 Å². The molecule has 0 spiro atoms. The minimum Gasteiger partial charge on any atom is -0.356 e. The third kappa shape index (κ3) is 3.27. The van der Waals surface area contributed by atoms with Gasteiger partial charge < -0.3 is 10.2 Å². The van der Waals surface area contributed by atoms with E-state index < -0.39 is 0 Å². The van der Waals surface area contributed by atoms with Gasteiger partial charge in [-0.2, -0.15) is 0 Å². The molecule has 2 amide bonds. The van der Waals surface area contributed by atoms with Gasteiger partial charge in [0, 0.05) is 32.0 Å². The number of carbonyl (C=O) groups is 2. The maximum absolute atomic E-state index is 12.3. The van der Waals surface area contributed by atoms with E-state index in [1.54, 1.807) is 17.3 Å². The van der Waals surface area contributed by atoms with E-state index in [0.29, 0.717) is 36.8 Å². The topological polar surface area (TPSA) is 75.2 Å². The molecule has 20 heavy (non-hydrogen) atoms. The molecule has 1 unspecified atom stereocenters. The van der Waals surface area contributed by atoms with Crippen molar-refractivity contribution in [2.24, 2.45) is 5.92 Å². The first-order valence-electron chi connectivity index (χ1n) is 6.58. The quantitative estimate of drug-likeness (QED) is 0.656. The van der Waals surface area contributed by atoms with Gasteiger partial charge in [0.15, 0.2) is 5.16 Å². The first kappa shape index (κ1) is 14.8. The molecule has 1 atom stereocenters. The third-order valence-electron chi connectivity index (χ3n) is 3.25. The lowest BCUT2D eigenvalue weighted by Gasteiger charge is -2.16. The van der Waals surface area contributed by atoms with Gasteiger partial charge in [-0.15, -0.1) is 0 Å². The van der Waals surface area contributed by atoms with Gasteiger partial charge in [-0.25, -0.2) is 9.97 Å². The number of aromatic nitrogens is 2. The number of hydrogen-bond acceptors (Lipinski definition) is 5. The van der Waals surface area contributed by atoms with Crippen molar-refractivity contribution < 1.29 is 9.59 Å². The van der Waals surface area contributed by atoms with Gasteiger partial charge in [-0.1, -0.05) is 11.8 Å². The van der Waals surface area contributed by atoms with E-state index in [0.717, 1.165) is 0 Å². The molecule has 1 aromatic rings. The predicted molar refractivity (Wildman–Crippen MR) is 76.5 cm³/mol. The van der Waals surface area contributed by atoms with Crippen LogP contribution in [0.5, 0.6) is 0 Å². The molecule has 1 aliphatic heterocycles. The Labute approximate surface area is 122 Å². The largest absolute Gasteiger partial charge is 0.356 e. The van der Waals surface area contributed by atoms with Crippen molar-refractivity contribution >= 4 is 23.6 Å². The molecule has 2 heterocycles. The molecule has 0 aliphatic carbocycles. The fourth-order valence-electron chi connectivity index (χ4n) is 2.19. The monoisotopic (exact) mass is 294 g/mol. The van der Waals surface area contributed by atoms with E-state index >= 15 is 0 Å². The van der Waals surface area contributed by atoms with E-state index in [4.69, 9.17) is 0 Å². The zero-order valence-corrected chi connectivity index (χ0v) is 12.4. The number of amides is 2. The maximum atomic E-state index is 12.3. The van der Waals surface area contributed by atoms with Crippen LogP contribution in [0.2, 0.25) is 0 Å². The molecule has 0 saturated carbocycles. The molecule has 1 fully saturated rings. The molecule has 0 bridgehead atoms. The van der Waals surface area contributed by atoms with E-state index in [-0.39, 0.29) is 17.7 Å². The summed E-state index contributed by atoms with van der Waals surface area (Å²) in [6.07, 6.45) is 5.68. The average molecular weight is 294 g/mol. The van der Waals surface area contributed by atoms with Crippen LogP contribution in [0.3, 0.4) is 0 Å². The first-order chi connectivity index (χ1) is 9.65. The van der Waals surface area contributed by atoms with Crippen LogP contribution in [-0.4, -0.2) is 52.6 Å². The molecule has 1 N–H and O–H groups in total. The molecule has 1 aliphatic rings. The summed E-state index contributed by atoms with van der Waals surface area (Å²) in [5.41, 5.74) is 0.472. The summed E-state index contributed by atoms with van der Waals surface area (Å²) >= 11 is 1.43. The highest BCUT2D eigenvalue weighted by molar-refractivity contribution is 7.98. The van der Waals surface area contributed by atoms with Crippen LogP contribution in [0, 0.1) is 5.92 Å². The van der Waals surface area contributed by atoms with Crippen LogP contribution < -0.4 is 5.32 Å². The molecule has 0 radical (unpaired) electrons. The molecule has 2 rings (SSSR count). The minimum absolute atomic E-state index is 0.0248. The minimum atomic E-state index is -0.107. The number of likely N-dealkylation sites (tertiary alicyclic amines) is 1. The van der Waals surface area contributed by atoms with Crippen LogP contribution in [0.15, 0.2) is 17.6 Å². The summed E-state index contributed by atoms with van der Waals surface area (Å²) in [6, 6.07) is 0. The molecule has 6 nitrogen and oxygen atoms in total. The predicted octanol–water partition coefficient (Wildman–Crippen LogP) is 0.797. The van der Waals surface area contributed by atoms with Crippen molar-refractivity contribution in [3.63, 3.8) is 0 Å². The molecule has 0 aromatic carbocycles. The fraction of sp³-hybridized carbons (Fsp3) is 0.538.